The maximum Gasteiger partial charge on any atom is 0.416 e. The van der Waals surface area contributed by atoms with Crippen LogP contribution in [0.2, 0.25) is 0 Å². The fraction of sp³-hybridized carbons (Fsp3) is 0.238. The van der Waals surface area contributed by atoms with Crippen molar-refractivity contribution in [2.75, 3.05) is 11.9 Å². The summed E-state index contributed by atoms with van der Waals surface area (Å²) in [7, 11) is 1.53. The third kappa shape index (κ3) is 4.06. The number of benzene rings is 2. The molecule has 5 nitrogen and oxygen atoms in total. The van der Waals surface area contributed by atoms with E-state index in [0.717, 1.165) is 4.47 Å². The monoisotopic (exact) mass is 429 g/mol. The highest BCUT2D eigenvalue weighted by atomic mass is 79.9. The summed E-state index contributed by atoms with van der Waals surface area (Å²) in [6.07, 6.45) is -0.598. The van der Waals surface area contributed by atoms with Gasteiger partial charge in [0.2, 0.25) is 11.3 Å². The normalized spacial score (nSPS) is 11.4. The van der Waals surface area contributed by atoms with Gasteiger partial charge in [0.1, 0.15) is 11.2 Å². The molecule has 3 aromatic rings. The molecule has 1 heterocycles. The molecule has 0 fully saturated rings. The number of carbonyl (C=O) groups excluding carboxylic acids is 1. The fourth-order valence-corrected chi connectivity index (χ4v) is 3.03. The van der Waals surface area contributed by atoms with Crippen LogP contribution in [0.25, 0.3) is 22.1 Å². The Hall–Kier alpha value is -2.60. The first-order chi connectivity index (χ1) is 12.7. The Morgan fingerprint density at radius 2 is 1.78 bits per heavy atom. The van der Waals surface area contributed by atoms with Gasteiger partial charge < -0.3 is 9.15 Å². The molecule has 0 atom stereocenters. The fourth-order valence-electron chi connectivity index (χ4n) is 2.66. The molecule has 0 aliphatic rings. The highest BCUT2D eigenvalue weighted by molar-refractivity contribution is 9.10. The lowest BCUT2D eigenvalue weighted by molar-refractivity contribution is 0.0584. The van der Waals surface area contributed by atoms with Crippen molar-refractivity contribution in [1.29, 1.82) is 0 Å². The second kappa shape index (κ2) is 7.19. The summed E-state index contributed by atoms with van der Waals surface area (Å²) in [6.45, 7) is 5.35. The molecule has 140 valence electrons. The number of nitrogens with zero attached hydrogens (tertiary/aromatic N) is 1. The zero-order chi connectivity index (χ0) is 19.8. The molecule has 2 aromatic carbocycles. The van der Waals surface area contributed by atoms with E-state index in [0.29, 0.717) is 22.1 Å². The molecule has 1 amide bonds. The lowest BCUT2D eigenvalue weighted by atomic mass is 10.0. The zero-order valence-electron chi connectivity index (χ0n) is 15.6. The van der Waals surface area contributed by atoms with Crippen LogP contribution in [0.15, 0.2) is 62.2 Å². The maximum atomic E-state index is 13.3. The van der Waals surface area contributed by atoms with E-state index in [1.807, 2.05) is 30.3 Å². The van der Waals surface area contributed by atoms with Crippen LogP contribution in [0, 0.1) is 0 Å². The van der Waals surface area contributed by atoms with Crippen LogP contribution in [0.1, 0.15) is 20.8 Å². The van der Waals surface area contributed by atoms with Gasteiger partial charge >= 0.3 is 6.09 Å². The number of anilines is 1. The summed E-state index contributed by atoms with van der Waals surface area (Å²) in [4.78, 5) is 27.1. The number of amides is 1. The van der Waals surface area contributed by atoms with Crippen molar-refractivity contribution in [2.24, 2.45) is 0 Å². The SMILES string of the molecule is CN(C(=O)OC(C)(C)C)c1oc2ccc(Br)cc2c(=O)c1-c1ccccc1. The Kier molecular flexibility index (Phi) is 5.11. The van der Waals surface area contributed by atoms with Gasteiger partial charge in [-0.3, -0.25) is 4.79 Å². The summed E-state index contributed by atoms with van der Waals surface area (Å²) in [5.74, 6) is 0.148. The van der Waals surface area contributed by atoms with Crippen molar-refractivity contribution in [2.45, 2.75) is 26.4 Å². The molecule has 0 unspecified atom stereocenters. The molecule has 1 aromatic heterocycles. The van der Waals surface area contributed by atoms with Crippen LogP contribution >= 0.6 is 15.9 Å². The van der Waals surface area contributed by atoms with Crippen molar-refractivity contribution in [3.63, 3.8) is 0 Å². The van der Waals surface area contributed by atoms with Gasteiger partial charge in [0, 0.05) is 11.5 Å². The molecule has 6 heteroatoms. The Morgan fingerprint density at radius 3 is 2.41 bits per heavy atom. The minimum absolute atomic E-state index is 0.148. The second-order valence-corrected chi connectivity index (χ2v) is 8.07. The van der Waals surface area contributed by atoms with Crippen LogP contribution in [-0.2, 0) is 4.74 Å². The predicted molar refractivity (Wildman–Crippen MR) is 110 cm³/mol. The van der Waals surface area contributed by atoms with Crippen molar-refractivity contribution >= 4 is 38.9 Å². The summed E-state index contributed by atoms with van der Waals surface area (Å²) < 4.78 is 12.2. The van der Waals surface area contributed by atoms with Crippen molar-refractivity contribution in [1.82, 2.24) is 0 Å². The number of rotatable bonds is 2. The molecule has 0 spiro atoms. The van der Waals surface area contributed by atoms with Gasteiger partial charge in [0.15, 0.2) is 0 Å². The second-order valence-electron chi connectivity index (χ2n) is 7.16. The average molecular weight is 430 g/mol. The minimum Gasteiger partial charge on any atom is -0.443 e. The summed E-state index contributed by atoms with van der Waals surface area (Å²) in [5, 5.41) is 0.435. The van der Waals surface area contributed by atoms with Crippen molar-refractivity contribution in [3.8, 4) is 11.1 Å². The highest BCUT2D eigenvalue weighted by Crippen LogP contribution is 2.32. The minimum atomic E-state index is -0.666. The molecule has 0 radical (unpaired) electrons. The predicted octanol–water partition coefficient (Wildman–Crippen LogP) is 5.59. The molecule has 0 N–H and O–H groups in total. The van der Waals surface area contributed by atoms with Crippen LogP contribution < -0.4 is 10.3 Å². The van der Waals surface area contributed by atoms with Crippen LogP contribution in [0.5, 0.6) is 0 Å². The Bertz CT molecular complexity index is 1050. The van der Waals surface area contributed by atoms with E-state index in [-0.39, 0.29) is 11.3 Å². The number of carbonyl (C=O) groups is 1. The molecule has 0 aliphatic heterocycles. The zero-order valence-corrected chi connectivity index (χ0v) is 17.2. The largest absolute Gasteiger partial charge is 0.443 e. The van der Waals surface area contributed by atoms with E-state index in [2.05, 4.69) is 15.9 Å². The lowest BCUT2D eigenvalue weighted by Crippen LogP contribution is -2.35. The van der Waals surface area contributed by atoms with Gasteiger partial charge in [-0.25, -0.2) is 9.69 Å². The number of halogens is 1. The van der Waals surface area contributed by atoms with E-state index < -0.39 is 11.7 Å². The molecule has 3 rings (SSSR count). The van der Waals surface area contributed by atoms with Gasteiger partial charge in [0.25, 0.3) is 0 Å². The number of hydrogen-bond donors (Lipinski definition) is 0. The van der Waals surface area contributed by atoms with Gasteiger partial charge in [-0.05, 0) is 44.5 Å². The van der Waals surface area contributed by atoms with Crippen LogP contribution in [0.4, 0.5) is 10.7 Å². The topological polar surface area (TPSA) is 59.8 Å². The molecule has 0 saturated carbocycles. The van der Waals surface area contributed by atoms with Gasteiger partial charge in [-0.1, -0.05) is 46.3 Å². The third-order valence-electron chi connectivity index (χ3n) is 3.87. The number of hydrogen-bond acceptors (Lipinski definition) is 4. The Balaban J connectivity index is 2.26. The summed E-state index contributed by atoms with van der Waals surface area (Å²) >= 11 is 3.39. The first-order valence-electron chi connectivity index (χ1n) is 8.46. The molecular weight excluding hydrogens is 410 g/mol. The first kappa shape index (κ1) is 19.2. The molecule has 0 saturated heterocycles. The molecule has 0 aliphatic carbocycles. The Labute approximate surface area is 165 Å². The summed E-state index contributed by atoms with van der Waals surface area (Å²) in [5.41, 5.74) is 0.496. The molecular formula is C21H20BrNO4. The Morgan fingerprint density at radius 1 is 1.11 bits per heavy atom. The average Bonchev–Trinajstić information content (AvgIpc) is 2.60. The van der Waals surface area contributed by atoms with Crippen LogP contribution in [0.3, 0.4) is 0 Å². The smallest absolute Gasteiger partial charge is 0.416 e. The van der Waals surface area contributed by atoms with E-state index in [1.165, 1.54) is 11.9 Å². The van der Waals surface area contributed by atoms with Gasteiger partial charge in [0.05, 0.1) is 10.9 Å². The standard InChI is InChI=1S/C21H20BrNO4/c1-21(2,3)27-20(25)23(4)19-17(13-8-6-5-7-9-13)18(24)15-12-14(22)10-11-16(15)26-19/h5-12H,1-4H3. The van der Waals surface area contributed by atoms with E-state index in [9.17, 15) is 9.59 Å². The first-order valence-corrected chi connectivity index (χ1v) is 9.25. The van der Waals surface area contributed by atoms with Gasteiger partial charge in [-0.15, -0.1) is 0 Å². The van der Waals surface area contributed by atoms with Crippen molar-refractivity contribution < 1.29 is 13.9 Å². The highest BCUT2D eigenvalue weighted by Gasteiger charge is 2.26. The van der Waals surface area contributed by atoms with E-state index >= 15 is 0 Å². The van der Waals surface area contributed by atoms with E-state index in [4.69, 9.17) is 9.15 Å². The van der Waals surface area contributed by atoms with Gasteiger partial charge in [-0.2, -0.15) is 0 Å². The van der Waals surface area contributed by atoms with E-state index in [1.54, 1.807) is 39.0 Å². The number of ether oxygens (including phenoxy) is 1. The third-order valence-corrected chi connectivity index (χ3v) is 4.36. The lowest BCUT2D eigenvalue weighted by Gasteiger charge is -2.25. The molecule has 27 heavy (non-hydrogen) atoms. The number of fused-ring (bicyclic) bond motifs is 1. The molecule has 0 bridgehead atoms. The van der Waals surface area contributed by atoms with Crippen molar-refractivity contribution in [3.05, 3.63) is 63.2 Å². The maximum absolute atomic E-state index is 13.3. The summed E-state index contributed by atoms with van der Waals surface area (Å²) in [6, 6.07) is 14.3. The quantitative estimate of drug-likeness (QED) is 0.532. The van der Waals surface area contributed by atoms with Crippen LogP contribution in [-0.4, -0.2) is 18.7 Å².